The lowest BCUT2D eigenvalue weighted by Crippen LogP contribution is -2.45. The highest BCUT2D eigenvalue weighted by Crippen LogP contribution is 2.29. The van der Waals surface area contributed by atoms with E-state index in [4.69, 9.17) is 21.0 Å². The number of aromatic nitrogens is 2. The molecule has 2 aromatic carbocycles. The quantitative estimate of drug-likeness (QED) is 0.242. The molecule has 1 aromatic heterocycles. The Kier molecular flexibility index (Phi) is 12.9. The van der Waals surface area contributed by atoms with E-state index in [0.717, 1.165) is 18.4 Å². The molecule has 1 amide bonds. The molecule has 216 valence electrons. The van der Waals surface area contributed by atoms with Gasteiger partial charge < -0.3 is 30.9 Å². The molecule has 10 nitrogen and oxygen atoms in total. The molecule has 1 unspecified atom stereocenters. The van der Waals surface area contributed by atoms with Gasteiger partial charge in [0.15, 0.2) is 0 Å². The topological polar surface area (TPSA) is 158 Å². The Morgan fingerprint density at radius 1 is 1.12 bits per heavy atom. The average molecular weight is 551 g/mol. The number of phenols is 1. The molecule has 1 fully saturated rings. The van der Waals surface area contributed by atoms with Crippen molar-refractivity contribution in [3.8, 4) is 17.2 Å². The van der Waals surface area contributed by atoms with Crippen molar-refractivity contribution in [2.45, 2.75) is 59.9 Å². The minimum absolute atomic E-state index is 0.0658. The molecule has 4 rings (SSSR count). The standard InChI is InChI=1S/C26H30N6O4.2C2H6/c1-16-4-7-20(13-21(16)34)36-19-8-5-17(6-9-19)24(27)23-25(28)29-15-30-26(23)31-18-3-2-11-32(14-18)22(35)10-12-33;2*1-2/h4-9,13,15,18,27,33-34H,2-3,10-12,14H2,1H3,(H3,28,29,30,31);2*1-2H3. The number of aliphatic hydroxyl groups is 1. The number of amides is 1. The highest BCUT2D eigenvalue weighted by Gasteiger charge is 2.25. The van der Waals surface area contributed by atoms with Gasteiger partial charge in [-0.25, -0.2) is 9.97 Å². The number of likely N-dealkylation sites (tertiary alicyclic amines) is 1. The summed E-state index contributed by atoms with van der Waals surface area (Å²) >= 11 is 0. The van der Waals surface area contributed by atoms with Crippen LogP contribution in [0, 0.1) is 12.3 Å². The number of carbonyl (C=O) groups excluding carboxylic acids is 1. The zero-order valence-corrected chi connectivity index (χ0v) is 24.1. The molecule has 6 N–H and O–H groups in total. The van der Waals surface area contributed by atoms with Crippen LogP contribution in [0.3, 0.4) is 0 Å². The average Bonchev–Trinajstić information content (AvgIpc) is 2.98. The van der Waals surface area contributed by atoms with Gasteiger partial charge in [0, 0.05) is 37.2 Å². The second kappa shape index (κ2) is 16.0. The van der Waals surface area contributed by atoms with Crippen LogP contribution in [-0.4, -0.2) is 62.4 Å². The molecule has 1 aliphatic rings. The fourth-order valence-corrected chi connectivity index (χ4v) is 4.15. The summed E-state index contributed by atoms with van der Waals surface area (Å²) in [4.78, 5) is 22.4. The summed E-state index contributed by atoms with van der Waals surface area (Å²) in [5.74, 6) is 1.75. The Bertz CT molecular complexity index is 1250. The van der Waals surface area contributed by atoms with Crippen molar-refractivity contribution >= 4 is 23.3 Å². The second-order valence-corrected chi connectivity index (χ2v) is 8.73. The van der Waals surface area contributed by atoms with Crippen LogP contribution in [-0.2, 0) is 4.79 Å². The van der Waals surface area contributed by atoms with E-state index in [2.05, 4.69) is 15.3 Å². The molecule has 0 spiro atoms. The van der Waals surface area contributed by atoms with Crippen LogP contribution in [0.1, 0.15) is 63.6 Å². The molecule has 0 saturated carbocycles. The number of nitrogen functional groups attached to an aromatic ring is 1. The molecule has 1 aliphatic heterocycles. The highest BCUT2D eigenvalue weighted by molar-refractivity contribution is 6.16. The van der Waals surface area contributed by atoms with Crippen molar-refractivity contribution in [3.05, 3.63) is 65.5 Å². The maximum atomic E-state index is 12.2. The molecule has 0 radical (unpaired) electrons. The number of anilines is 2. The smallest absolute Gasteiger partial charge is 0.224 e. The SMILES string of the molecule is CC.CC.Cc1ccc(Oc2ccc(C(=N)c3c(N)ncnc3NC3CCCN(C(=O)CCO)C3)cc2)cc1O. The van der Waals surface area contributed by atoms with Crippen molar-refractivity contribution in [1.82, 2.24) is 14.9 Å². The van der Waals surface area contributed by atoms with Crippen molar-refractivity contribution in [1.29, 1.82) is 5.41 Å². The van der Waals surface area contributed by atoms with Crippen molar-refractivity contribution < 1.29 is 19.7 Å². The summed E-state index contributed by atoms with van der Waals surface area (Å²) in [5.41, 5.74) is 8.06. The molecular weight excluding hydrogens is 508 g/mol. The number of rotatable bonds is 8. The number of phenolic OH excluding ortho intramolecular Hbond substituents is 1. The fourth-order valence-electron chi connectivity index (χ4n) is 4.15. The van der Waals surface area contributed by atoms with E-state index >= 15 is 0 Å². The summed E-state index contributed by atoms with van der Waals surface area (Å²) in [6, 6.07) is 12.0. The zero-order valence-electron chi connectivity index (χ0n) is 24.1. The first-order valence-corrected chi connectivity index (χ1v) is 13.8. The van der Waals surface area contributed by atoms with Crippen LogP contribution in [0.15, 0.2) is 48.8 Å². The van der Waals surface area contributed by atoms with Crippen LogP contribution in [0.25, 0.3) is 0 Å². The van der Waals surface area contributed by atoms with Gasteiger partial charge in [-0.3, -0.25) is 10.2 Å². The number of aryl methyl sites for hydroxylation is 1. The number of ether oxygens (including phenoxy) is 1. The Hall–Kier alpha value is -4.18. The van der Waals surface area contributed by atoms with E-state index in [1.54, 1.807) is 47.4 Å². The van der Waals surface area contributed by atoms with Crippen LogP contribution in [0.4, 0.5) is 11.6 Å². The predicted octanol–water partition coefficient (Wildman–Crippen LogP) is 5.12. The number of nitrogens with one attached hydrogen (secondary N) is 2. The molecule has 2 heterocycles. The van der Waals surface area contributed by atoms with Crippen LogP contribution >= 0.6 is 0 Å². The molecule has 3 aromatic rings. The van der Waals surface area contributed by atoms with Gasteiger partial charge in [0.1, 0.15) is 35.2 Å². The number of hydrogen-bond donors (Lipinski definition) is 5. The lowest BCUT2D eigenvalue weighted by atomic mass is 10.0. The number of carbonyl (C=O) groups is 1. The third-order valence-corrected chi connectivity index (χ3v) is 6.13. The van der Waals surface area contributed by atoms with Gasteiger partial charge in [0.2, 0.25) is 5.91 Å². The Balaban J connectivity index is 0.00000134. The number of aliphatic hydroxyl groups excluding tert-OH is 1. The normalized spacial score (nSPS) is 14.2. The van der Waals surface area contributed by atoms with Crippen LogP contribution in [0.2, 0.25) is 0 Å². The van der Waals surface area contributed by atoms with Crippen LogP contribution < -0.4 is 15.8 Å². The Labute approximate surface area is 236 Å². The second-order valence-electron chi connectivity index (χ2n) is 8.73. The first-order valence-electron chi connectivity index (χ1n) is 13.8. The Morgan fingerprint density at radius 2 is 1.80 bits per heavy atom. The monoisotopic (exact) mass is 550 g/mol. The third kappa shape index (κ3) is 8.41. The van der Waals surface area contributed by atoms with Gasteiger partial charge in [0.05, 0.1) is 17.9 Å². The summed E-state index contributed by atoms with van der Waals surface area (Å²) in [7, 11) is 0. The lowest BCUT2D eigenvalue weighted by Gasteiger charge is -2.33. The van der Waals surface area contributed by atoms with Crippen molar-refractivity contribution in [2.24, 2.45) is 0 Å². The first-order chi connectivity index (χ1) is 19.4. The third-order valence-electron chi connectivity index (χ3n) is 6.13. The number of piperidine rings is 1. The minimum Gasteiger partial charge on any atom is -0.508 e. The van der Waals surface area contributed by atoms with E-state index in [9.17, 15) is 9.90 Å². The summed E-state index contributed by atoms with van der Waals surface area (Å²) in [6.07, 6.45) is 3.11. The summed E-state index contributed by atoms with van der Waals surface area (Å²) < 4.78 is 5.81. The van der Waals surface area contributed by atoms with E-state index in [-0.39, 0.29) is 42.3 Å². The van der Waals surface area contributed by atoms with Gasteiger partial charge >= 0.3 is 0 Å². The number of benzene rings is 2. The van der Waals surface area contributed by atoms with Gasteiger partial charge in [-0.2, -0.15) is 0 Å². The van der Waals surface area contributed by atoms with Gasteiger partial charge in [-0.15, -0.1) is 0 Å². The molecule has 10 heteroatoms. The number of hydrogen-bond acceptors (Lipinski definition) is 9. The van der Waals surface area contributed by atoms with Crippen LogP contribution in [0.5, 0.6) is 17.2 Å². The lowest BCUT2D eigenvalue weighted by molar-refractivity contribution is -0.132. The molecule has 0 bridgehead atoms. The predicted molar refractivity (Wildman–Crippen MR) is 159 cm³/mol. The molecule has 1 atom stereocenters. The maximum Gasteiger partial charge on any atom is 0.224 e. The summed E-state index contributed by atoms with van der Waals surface area (Å²) in [6.45, 7) is 10.8. The van der Waals surface area contributed by atoms with E-state index in [1.165, 1.54) is 6.33 Å². The first kappa shape index (κ1) is 32.0. The molecule has 1 saturated heterocycles. The van der Waals surface area contributed by atoms with Gasteiger partial charge in [0.25, 0.3) is 0 Å². The minimum atomic E-state index is -0.172. The van der Waals surface area contributed by atoms with E-state index < -0.39 is 0 Å². The molecule has 40 heavy (non-hydrogen) atoms. The zero-order chi connectivity index (χ0) is 29.7. The summed E-state index contributed by atoms with van der Waals surface area (Å²) in [5, 5.41) is 31.1. The highest BCUT2D eigenvalue weighted by atomic mass is 16.5. The number of aromatic hydroxyl groups is 1. The van der Waals surface area contributed by atoms with Crippen molar-refractivity contribution in [2.75, 3.05) is 30.7 Å². The fraction of sp³-hybridized carbons (Fsp3) is 0.400. The molecule has 0 aliphatic carbocycles. The number of nitrogens with two attached hydrogens (primary N) is 1. The van der Waals surface area contributed by atoms with Gasteiger partial charge in [-0.05, 0) is 55.7 Å². The molecular formula is C30H42N6O4. The van der Waals surface area contributed by atoms with Crippen molar-refractivity contribution in [3.63, 3.8) is 0 Å². The number of nitrogens with zero attached hydrogens (tertiary/aromatic N) is 3. The largest absolute Gasteiger partial charge is 0.508 e. The van der Waals surface area contributed by atoms with E-state index in [0.29, 0.717) is 41.5 Å². The van der Waals surface area contributed by atoms with E-state index in [1.807, 2.05) is 34.6 Å². The van der Waals surface area contributed by atoms with Gasteiger partial charge in [-0.1, -0.05) is 33.8 Å². The Morgan fingerprint density at radius 3 is 2.45 bits per heavy atom. The maximum absolute atomic E-state index is 12.2.